The molecule has 0 N–H and O–H groups in total. The summed E-state index contributed by atoms with van der Waals surface area (Å²) in [7, 11) is -2.16. The number of nitrogens with zero attached hydrogens (tertiary/aromatic N) is 2. The molecule has 6 heteroatoms. The summed E-state index contributed by atoms with van der Waals surface area (Å²) in [5.74, 6) is 0. The van der Waals surface area contributed by atoms with Crippen LogP contribution in [0.2, 0.25) is 0 Å². The zero-order valence-corrected chi connectivity index (χ0v) is 20.6. The Kier molecular flexibility index (Phi) is 14.2. The van der Waals surface area contributed by atoms with Gasteiger partial charge in [-0.1, -0.05) is 95.2 Å². The highest BCUT2D eigenvalue weighted by molar-refractivity contribution is 7.85. The van der Waals surface area contributed by atoms with E-state index in [2.05, 4.69) is 41.8 Å². The molecule has 0 saturated carbocycles. The Balaban J connectivity index is 0.000000367. The number of aryl methyl sites for hydroxylation is 3. The molecule has 1 aromatic heterocycles. The molecule has 0 bridgehead atoms. The molecule has 0 fully saturated rings. The lowest BCUT2D eigenvalue weighted by Gasteiger charge is -2.05. The van der Waals surface area contributed by atoms with Crippen LogP contribution in [0.15, 0.2) is 47.6 Å². The SMILES string of the molecule is CCCCCCCCCCCCCCn1ccc[n+]1C.Cc1ccc(S(=O)(=O)[O-])cc1. The highest BCUT2D eigenvalue weighted by Crippen LogP contribution is 2.12. The Hall–Kier alpha value is -1.66. The lowest BCUT2D eigenvalue weighted by atomic mass is 10.1. The Labute approximate surface area is 190 Å². The minimum Gasteiger partial charge on any atom is -0.744 e. The molecule has 5 nitrogen and oxygen atoms in total. The van der Waals surface area contributed by atoms with Crippen LogP contribution in [-0.2, 0) is 23.7 Å². The van der Waals surface area contributed by atoms with Gasteiger partial charge >= 0.3 is 0 Å². The second-order valence-corrected chi connectivity index (χ2v) is 9.76. The van der Waals surface area contributed by atoms with Gasteiger partial charge in [-0.15, -0.1) is 4.68 Å². The molecular formula is C25H42N2O3S. The Morgan fingerprint density at radius 1 is 0.839 bits per heavy atom. The Morgan fingerprint density at radius 3 is 1.74 bits per heavy atom. The summed E-state index contributed by atoms with van der Waals surface area (Å²) in [6, 6.07) is 7.89. The van der Waals surface area contributed by atoms with E-state index >= 15 is 0 Å². The quantitative estimate of drug-likeness (QED) is 0.204. The van der Waals surface area contributed by atoms with Crippen molar-refractivity contribution >= 4 is 10.1 Å². The normalized spacial score (nSPS) is 11.2. The predicted octanol–water partition coefficient (Wildman–Crippen LogP) is 5.91. The van der Waals surface area contributed by atoms with Gasteiger partial charge in [0.25, 0.3) is 0 Å². The van der Waals surface area contributed by atoms with Gasteiger partial charge < -0.3 is 4.55 Å². The highest BCUT2D eigenvalue weighted by atomic mass is 32.2. The van der Waals surface area contributed by atoms with E-state index in [0.29, 0.717) is 0 Å². The standard InChI is InChI=1S/C18H35N2.C7H8O3S/c1-3-4-5-6-7-8-9-10-11-12-13-14-17-20-18-15-16-19(20)2;1-6-2-4-7(5-3-6)11(8,9)10/h15-16,18H,3-14,17H2,1-2H3;2-5H,1H3,(H,8,9,10)/q+1;/p-1. The first kappa shape index (κ1) is 27.4. The van der Waals surface area contributed by atoms with Crippen molar-refractivity contribution < 1.29 is 17.7 Å². The van der Waals surface area contributed by atoms with E-state index in [-0.39, 0.29) is 4.90 Å². The van der Waals surface area contributed by atoms with Gasteiger partial charge in [-0.05, 0) is 25.5 Å². The van der Waals surface area contributed by atoms with Gasteiger partial charge in [0.2, 0.25) is 0 Å². The second kappa shape index (κ2) is 16.0. The van der Waals surface area contributed by atoms with Gasteiger partial charge in [0.15, 0.2) is 13.2 Å². The summed E-state index contributed by atoms with van der Waals surface area (Å²) in [5.41, 5.74) is 0.928. The van der Waals surface area contributed by atoms with Gasteiger partial charge in [-0.3, -0.25) is 0 Å². The number of hydrogen-bond donors (Lipinski definition) is 0. The summed E-state index contributed by atoms with van der Waals surface area (Å²) in [4.78, 5) is -0.178. The van der Waals surface area contributed by atoms with Crippen molar-refractivity contribution in [1.29, 1.82) is 0 Å². The molecule has 0 aliphatic heterocycles. The molecule has 0 spiro atoms. The van der Waals surface area contributed by atoms with Crippen LogP contribution in [0.3, 0.4) is 0 Å². The van der Waals surface area contributed by atoms with E-state index in [1.165, 1.54) is 95.7 Å². The van der Waals surface area contributed by atoms with Crippen molar-refractivity contribution in [3.63, 3.8) is 0 Å². The second-order valence-electron chi connectivity index (χ2n) is 8.38. The van der Waals surface area contributed by atoms with Crippen molar-refractivity contribution in [2.75, 3.05) is 0 Å². The van der Waals surface area contributed by atoms with Crippen molar-refractivity contribution in [2.24, 2.45) is 7.05 Å². The average molecular weight is 451 g/mol. The highest BCUT2D eigenvalue weighted by Gasteiger charge is 2.00. The van der Waals surface area contributed by atoms with E-state index < -0.39 is 10.1 Å². The fourth-order valence-corrected chi connectivity index (χ4v) is 3.97. The van der Waals surface area contributed by atoms with Crippen LogP contribution in [-0.4, -0.2) is 17.7 Å². The first-order valence-corrected chi connectivity index (χ1v) is 13.3. The number of hydrogen-bond acceptors (Lipinski definition) is 3. The van der Waals surface area contributed by atoms with Crippen molar-refractivity contribution in [1.82, 2.24) is 4.68 Å². The first-order valence-electron chi connectivity index (χ1n) is 11.9. The number of aromatic nitrogens is 2. The minimum absolute atomic E-state index is 0.178. The third-order valence-electron chi connectivity index (χ3n) is 5.52. The monoisotopic (exact) mass is 450 g/mol. The van der Waals surface area contributed by atoms with E-state index in [1.807, 2.05) is 6.92 Å². The zero-order chi connectivity index (χ0) is 23.0. The van der Waals surface area contributed by atoms with Gasteiger partial charge in [0, 0.05) is 6.07 Å². The maximum Gasteiger partial charge on any atom is 0.195 e. The van der Waals surface area contributed by atoms with Crippen LogP contribution in [0, 0.1) is 6.92 Å². The fraction of sp³-hybridized carbons (Fsp3) is 0.640. The third kappa shape index (κ3) is 13.4. The van der Waals surface area contributed by atoms with Crippen molar-refractivity contribution in [3.8, 4) is 0 Å². The molecule has 1 heterocycles. The summed E-state index contributed by atoms with van der Waals surface area (Å²) in [5, 5.41) is 0. The molecule has 0 amide bonds. The van der Waals surface area contributed by atoms with Crippen molar-refractivity contribution in [2.45, 2.75) is 102 Å². The molecule has 0 saturated heterocycles. The first-order chi connectivity index (χ1) is 14.8. The molecule has 0 radical (unpaired) electrons. The largest absolute Gasteiger partial charge is 0.744 e. The summed E-state index contributed by atoms with van der Waals surface area (Å²) < 4.78 is 35.6. The van der Waals surface area contributed by atoms with Crippen LogP contribution in [0.4, 0.5) is 0 Å². The molecular weight excluding hydrogens is 408 g/mol. The molecule has 2 aromatic rings. The van der Waals surface area contributed by atoms with Gasteiger partial charge in [0.05, 0.1) is 17.6 Å². The average Bonchev–Trinajstić information content (AvgIpc) is 3.14. The molecule has 2 rings (SSSR count). The van der Waals surface area contributed by atoms with Crippen LogP contribution in [0.25, 0.3) is 0 Å². The van der Waals surface area contributed by atoms with Crippen LogP contribution in [0.1, 0.15) is 89.5 Å². The molecule has 1 aromatic carbocycles. The lowest BCUT2D eigenvalue weighted by molar-refractivity contribution is -0.753. The van der Waals surface area contributed by atoms with E-state index in [0.717, 1.165) is 5.56 Å². The zero-order valence-electron chi connectivity index (χ0n) is 19.8. The lowest BCUT2D eigenvalue weighted by Crippen LogP contribution is -2.37. The molecule has 0 unspecified atom stereocenters. The van der Waals surface area contributed by atoms with Crippen LogP contribution in [0.5, 0.6) is 0 Å². The minimum atomic E-state index is -4.27. The Bertz CT molecular complexity index is 798. The fourth-order valence-electron chi connectivity index (χ4n) is 3.51. The molecule has 176 valence electrons. The maximum absolute atomic E-state index is 10.4. The summed E-state index contributed by atoms with van der Waals surface area (Å²) >= 11 is 0. The third-order valence-corrected chi connectivity index (χ3v) is 6.37. The van der Waals surface area contributed by atoms with Crippen LogP contribution >= 0.6 is 0 Å². The maximum atomic E-state index is 10.4. The molecule has 0 aliphatic rings. The van der Waals surface area contributed by atoms with E-state index in [9.17, 15) is 13.0 Å². The molecule has 31 heavy (non-hydrogen) atoms. The van der Waals surface area contributed by atoms with Gasteiger partial charge in [-0.25, -0.2) is 8.42 Å². The summed E-state index contributed by atoms with van der Waals surface area (Å²) in [6.45, 7) is 5.28. The summed E-state index contributed by atoms with van der Waals surface area (Å²) in [6.07, 6.45) is 21.4. The van der Waals surface area contributed by atoms with Gasteiger partial charge in [-0.2, -0.15) is 4.68 Å². The molecule has 0 atom stereocenters. The van der Waals surface area contributed by atoms with E-state index in [1.54, 1.807) is 12.1 Å². The number of benzene rings is 1. The molecule has 0 aliphatic carbocycles. The van der Waals surface area contributed by atoms with E-state index in [4.69, 9.17) is 0 Å². The van der Waals surface area contributed by atoms with Crippen LogP contribution < -0.4 is 4.68 Å². The number of unbranched alkanes of at least 4 members (excludes halogenated alkanes) is 11. The topological polar surface area (TPSA) is 66.0 Å². The smallest absolute Gasteiger partial charge is 0.195 e. The van der Waals surface area contributed by atoms with Crippen molar-refractivity contribution in [3.05, 3.63) is 48.3 Å². The Morgan fingerprint density at radius 2 is 1.32 bits per heavy atom. The number of rotatable bonds is 14. The predicted molar refractivity (Wildman–Crippen MR) is 126 cm³/mol. The van der Waals surface area contributed by atoms with Gasteiger partial charge in [0.1, 0.15) is 10.1 Å².